The average Bonchev–Trinajstić information content (AvgIpc) is 0.930. The Morgan fingerprint density at radius 1 is 0.412 bits per heavy atom. The largest absolute Gasteiger partial charge is 0.447 e. The van der Waals surface area contributed by atoms with Crippen molar-refractivity contribution in [1.29, 1.82) is 0 Å². The number of aromatic nitrogens is 1. The van der Waals surface area contributed by atoms with Gasteiger partial charge in [0.1, 0.15) is 0 Å². The zero-order chi connectivity index (χ0) is 76.2. The zero-order valence-corrected chi connectivity index (χ0v) is 66.3. The molecule has 0 radical (unpaired) electrons. The van der Waals surface area contributed by atoms with Crippen LogP contribution in [0.2, 0.25) is 0 Å². The minimum absolute atomic E-state index is 0.0139. The van der Waals surface area contributed by atoms with Crippen LogP contribution in [0.25, 0.3) is 0 Å². The van der Waals surface area contributed by atoms with Crippen molar-refractivity contribution in [3.63, 3.8) is 0 Å². The number of piperidine rings is 6. The number of hydrogen-bond donors (Lipinski definition) is 0. The van der Waals surface area contributed by atoms with Crippen molar-refractivity contribution >= 4 is 42.7 Å². The number of likely N-dealkylation sites (N-methyl/N-ethyl adjacent to an activating group) is 4. The summed E-state index contributed by atoms with van der Waals surface area (Å²) in [5.41, 5.74) is 0.848. The topological polar surface area (TPSA) is 257 Å². The number of morpholine rings is 1. The van der Waals surface area contributed by atoms with Gasteiger partial charge in [-0.2, -0.15) is 0 Å². The fourth-order valence-corrected chi connectivity index (χ4v) is 12.2. The van der Waals surface area contributed by atoms with Crippen LogP contribution in [0.1, 0.15) is 167 Å². The lowest BCUT2D eigenvalue weighted by Crippen LogP contribution is -2.57. The molecule has 1 aromatic rings. The molecule has 10 fully saturated rings. The molecule has 1 aromatic heterocycles. The predicted octanol–water partition coefficient (Wildman–Crippen LogP) is 10.9. The first-order chi connectivity index (χ1) is 48.2. The highest BCUT2D eigenvalue weighted by Gasteiger charge is 2.40. The van der Waals surface area contributed by atoms with Crippen molar-refractivity contribution in [2.45, 2.75) is 241 Å². The van der Waals surface area contributed by atoms with Gasteiger partial charge in [-0.05, 0) is 211 Å². The number of ether oxygens (including phenoxy) is 10. The fourth-order valence-electron chi connectivity index (χ4n) is 12.2. The number of carbonyl (C=O) groups is 7. The summed E-state index contributed by atoms with van der Waals surface area (Å²) in [6, 6.07) is 7.21. The molecule has 0 aromatic carbocycles. The van der Waals surface area contributed by atoms with Crippen molar-refractivity contribution in [2.24, 2.45) is 11.8 Å². The van der Waals surface area contributed by atoms with Gasteiger partial charge in [0.05, 0.1) is 92.9 Å². The Kier molecular flexibility index (Phi) is 42.4. The van der Waals surface area contributed by atoms with Crippen molar-refractivity contribution in [3.05, 3.63) is 30.1 Å². The van der Waals surface area contributed by atoms with Crippen LogP contribution in [0.3, 0.4) is 0 Å². The van der Waals surface area contributed by atoms with Gasteiger partial charge in [0.15, 0.2) is 0 Å². The van der Waals surface area contributed by atoms with E-state index >= 15 is 0 Å². The van der Waals surface area contributed by atoms with E-state index in [1.165, 1.54) is 63.2 Å². The predicted molar refractivity (Wildman–Crippen MR) is 392 cm³/mol. The Labute approximate surface area is 612 Å². The van der Waals surface area contributed by atoms with Crippen molar-refractivity contribution in [2.75, 3.05) is 154 Å². The van der Waals surface area contributed by atoms with Gasteiger partial charge >= 0.3 is 42.7 Å². The van der Waals surface area contributed by atoms with Crippen LogP contribution in [0.4, 0.5) is 33.6 Å². The third kappa shape index (κ3) is 35.1. The standard InChI is InChI=1S/2C12H22N2O2.C11H22N2O3.C11H16N2O2.C10H19NO3.C9H17NO3.C9H17NO2/c2*1-9(2)16-12(15)13(3)11-8-14-6-4-10(11)5-7-14;1-10(2)16-11(14)12(3)4-5-13-6-8-15-9-7-13;1-9(2)15-11(14)13(3)8-10-6-4-5-7-12-10;1-8(2)14-10(12)11(3)9-4-6-13-7-5-9;1-7(2)13-9(11)10(3)8-4-5-12-6-8;1-7(2)12-9(11)10(3)8-5-4-6-8/h2*9-11H,4-8H2,1-3H3;10H,4-9H2,1-3H3;4-7,9H,8H2,1-3H3;8-9H,4-7H2,1-3H3;7-8H,4-6H2,1-3H3;7-8H,4-6H2,1-3H3. The summed E-state index contributed by atoms with van der Waals surface area (Å²) >= 11 is 0. The number of fused-ring (bicyclic) bond motifs is 6. The van der Waals surface area contributed by atoms with Crippen LogP contribution in [-0.2, 0) is 53.9 Å². The molecule has 11 rings (SSSR count). The smallest absolute Gasteiger partial charge is 0.410 e. The normalized spacial score (nSPS) is 21.9. The van der Waals surface area contributed by atoms with E-state index < -0.39 is 0 Å². The number of nitrogens with zero attached hydrogens (tertiary/aromatic N) is 11. The summed E-state index contributed by atoms with van der Waals surface area (Å²) in [4.78, 5) is 104. The summed E-state index contributed by atoms with van der Waals surface area (Å²) in [7, 11) is 12.6. The molecule has 1 aliphatic carbocycles. The molecule has 588 valence electrons. The maximum atomic E-state index is 11.8. The van der Waals surface area contributed by atoms with Gasteiger partial charge in [-0.15, -0.1) is 0 Å². The number of pyridine rings is 1. The molecule has 7 amide bonds. The molecule has 4 bridgehead atoms. The van der Waals surface area contributed by atoms with Crippen LogP contribution in [0.5, 0.6) is 0 Å². The van der Waals surface area contributed by atoms with Crippen LogP contribution < -0.4 is 0 Å². The molecule has 102 heavy (non-hydrogen) atoms. The van der Waals surface area contributed by atoms with Gasteiger partial charge in [-0.1, -0.05) is 6.07 Å². The van der Waals surface area contributed by atoms with Crippen molar-refractivity contribution in [3.8, 4) is 0 Å². The molecule has 10 aliphatic rings. The van der Waals surface area contributed by atoms with E-state index in [4.69, 9.17) is 47.4 Å². The van der Waals surface area contributed by atoms with Gasteiger partial charge < -0.3 is 91.5 Å². The monoisotopic (exact) mass is 1450 g/mol. The molecule has 9 saturated heterocycles. The average molecular weight is 1450 g/mol. The molecule has 10 heterocycles. The molecule has 3 atom stereocenters. The van der Waals surface area contributed by atoms with E-state index in [2.05, 4.69) is 19.7 Å². The Bertz CT molecular complexity index is 2460. The molecule has 9 aliphatic heterocycles. The Morgan fingerprint density at radius 2 is 0.755 bits per heavy atom. The highest BCUT2D eigenvalue weighted by Crippen LogP contribution is 2.32. The fraction of sp³-hybridized carbons (Fsp3) is 0.838. The van der Waals surface area contributed by atoms with E-state index in [-0.39, 0.29) is 97.5 Å². The first kappa shape index (κ1) is 90.0. The van der Waals surface area contributed by atoms with E-state index in [1.54, 1.807) is 63.8 Å². The summed E-state index contributed by atoms with van der Waals surface area (Å²) < 4.78 is 51.5. The highest BCUT2D eigenvalue weighted by atomic mass is 16.6. The first-order valence-corrected chi connectivity index (χ1v) is 37.5. The van der Waals surface area contributed by atoms with E-state index in [0.717, 1.165) is 104 Å². The van der Waals surface area contributed by atoms with Gasteiger partial charge in [-0.3, -0.25) is 9.88 Å². The Balaban J connectivity index is 0.000000310. The summed E-state index contributed by atoms with van der Waals surface area (Å²) in [5, 5.41) is 0. The van der Waals surface area contributed by atoms with Crippen LogP contribution in [0.15, 0.2) is 24.4 Å². The summed E-state index contributed by atoms with van der Waals surface area (Å²) in [5.74, 6) is 1.35. The molecule has 0 N–H and O–H groups in total. The molecule has 0 spiro atoms. The number of rotatable bonds is 17. The van der Waals surface area contributed by atoms with Crippen molar-refractivity contribution in [1.82, 2.24) is 54.0 Å². The maximum Gasteiger partial charge on any atom is 0.410 e. The second-order valence-corrected chi connectivity index (χ2v) is 29.5. The van der Waals surface area contributed by atoms with Crippen LogP contribution >= 0.6 is 0 Å². The van der Waals surface area contributed by atoms with E-state index in [1.807, 2.05) is 136 Å². The number of carbonyl (C=O) groups excluding carboxylic acids is 7. The van der Waals surface area contributed by atoms with E-state index in [0.29, 0.717) is 49.7 Å². The quantitative estimate of drug-likeness (QED) is 0.131. The van der Waals surface area contributed by atoms with Gasteiger partial charge in [0.2, 0.25) is 0 Å². The minimum Gasteiger partial charge on any atom is -0.447 e. The van der Waals surface area contributed by atoms with Gasteiger partial charge in [0, 0.05) is 127 Å². The molecule has 1 saturated carbocycles. The highest BCUT2D eigenvalue weighted by molar-refractivity contribution is 5.70. The van der Waals surface area contributed by atoms with Crippen LogP contribution in [-0.4, -0.2) is 324 Å². The summed E-state index contributed by atoms with van der Waals surface area (Å²) in [6.07, 6.45) is 10.9. The lowest BCUT2D eigenvalue weighted by atomic mass is 9.83. The molecule has 28 nitrogen and oxygen atoms in total. The minimum atomic E-state index is -0.323. The maximum absolute atomic E-state index is 11.8. The number of amides is 7. The lowest BCUT2D eigenvalue weighted by Gasteiger charge is -2.47. The zero-order valence-electron chi connectivity index (χ0n) is 66.3. The SMILES string of the molecule is CC(C)OC(=O)N(C)C1CCC1.CC(C)OC(=O)N(C)C1CCOC1.CC(C)OC(=O)N(C)C1CCOCC1.CC(C)OC(=O)N(C)C1CN2CCC1CC2.CC(C)OC(=O)N(C)C1CN2CCC1CC2.CC(C)OC(=O)N(C)CCN1CCOCC1.CC(C)OC(=O)N(C)Cc1ccccn1. The van der Waals surface area contributed by atoms with Gasteiger partial charge in [-0.25, -0.2) is 33.6 Å². The molecular weight excluding hydrogens is 1310 g/mol. The van der Waals surface area contributed by atoms with Crippen molar-refractivity contribution < 1.29 is 80.9 Å². The lowest BCUT2D eigenvalue weighted by molar-refractivity contribution is 0.00463. The molecular formula is C74H135N11O17. The third-order valence-corrected chi connectivity index (χ3v) is 18.5. The van der Waals surface area contributed by atoms with Gasteiger partial charge in [0.25, 0.3) is 0 Å². The molecule has 28 heteroatoms. The Hall–Kier alpha value is -6.20. The van der Waals surface area contributed by atoms with Crippen LogP contribution in [0, 0.1) is 11.8 Å². The second-order valence-electron chi connectivity index (χ2n) is 29.5. The summed E-state index contributed by atoms with van der Waals surface area (Å²) in [6.45, 7) is 41.3. The second kappa shape index (κ2) is 48.0. The third-order valence-electron chi connectivity index (χ3n) is 18.5. The first-order valence-electron chi connectivity index (χ1n) is 37.5. The molecule has 3 unspecified atom stereocenters. The number of hydrogen-bond acceptors (Lipinski definition) is 21. The Morgan fingerprint density at radius 3 is 1.09 bits per heavy atom. The van der Waals surface area contributed by atoms with E-state index in [9.17, 15) is 33.6 Å².